The molecule has 0 bridgehead atoms. The summed E-state index contributed by atoms with van der Waals surface area (Å²) in [6.45, 7) is 1.55. The van der Waals surface area contributed by atoms with Gasteiger partial charge in [0.2, 0.25) is 0 Å². The van der Waals surface area contributed by atoms with Crippen LogP contribution in [0.2, 0.25) is 0 Å². The Kier molecular flexibility index (Phi) is 5.02. The van der Waals surface area contributed by atoms with E-state index in [1.807, 2.05) is 42.5 Å². The molecule has 0 aliphatic rings. The first-order valence-corrected chi connectivity index (χ1v) is 6.67. The number of halogens is 1. The lowest BCUT2D eigenvalue weighted by molar-refractivity contribution is 0.315. The Morgan fingerprint density at radius 3 is 2.67 bits per heavy atom. The second-order valence-electron chi connectivity index (χ2n) is 3.80. The summed E-state index contributed by atoms with van der Waals surface area (Å²) in [5.74, 6) is 1.80. The average molecular weight is 307 g/mol. The van der Waals surface area contributed by atoms with Crippen LogP contribution in [0.5, 0.6) is 5.75 Å². The highest BCUT2D eigenvalue weighted by molar-refractivity contribution is 9.10. The molecule has 2 rings (SSSR count). The smallest absolute Gasteiger partial charge is 0.125 e. The third-order valence-corrected chi connectivity index (χ3v) is 2.84. The molecule has 2 aromatic rings. The van der Waals surface area contributed by atoms with E-state index >= 15 is 0 Å². The molecule has 0 fully saturated rings. The summed E-state index contributed by atoms with van der Waals surface area (Å²) in [6, 6.07) is 13.8. The van der Waals surface area contributed by atoms with Gasteiger partial charge in [-0.1, -0.05) is 18.2 Å². The van der Waals surface area contributed by atoms with Gasteiger partial charge in [-0.25, -0.2) is 4.98 Å². The monoisotopic (exact) mass is 306 g/mol. The van der Waals surface area contributed by atoms with Crippen molar-refractivity contribution >= 4 is 21.7 Å². The highest BCUT2D eigenvalue weighted by Gasteiger charge is 1.94. The fourth-order valence-electron chi connectivity index (χ4n) is 1.48. The minimum absolute atomic E-state index is 0.702. The average Bonchev–Trinajstić information content (AvgIpc) is 2.42. The fourth-order valence-corrected chi connectivity index (χ4v) is 1.71. The van der Waals surface area contributed by atoms with E-state index in [0.29, 0.717) is 6.61 Å². The topological polar surface area (TPSA) is 34.1 Å². The van der Waals surface area contributed by atoms with Crippen molar-refractivity contribution in [3.8, 4) is 5.75 Å². The predicted molar refractivity (Wildman–Crippen MR) is 77.0 cm³/mol. The molecule has 94 valence electrons. The number of nitrogens with one attached hydrogen (secondary N) is 1. The molecule has 3 nitrogen and oxygen atoms in total. The van der Waals surface area contributed by atoms with E-state index < -0.39 is 0 Å². The summed E-state index contributed by atoms with van der Waals surface area (Å²) in [5.41, 5.74) is 0. The lowest BCUT2D eigenvalue weighted by Gasteiger charge is -2.07. The first-order chi connectivity index (χ1) is 8.84. The Balaban J connectivity index is 1.63. The minimum Gasteiger partial charge on any atom is -0.494 e. The zero-order chi connectivity index (χ0) is 12.6. The van der Waals surface area contributed by atoms with Crippen molar-refractivity contribution in [3.05, 3.63) is 53.1 Å². The Bertz CT molecular complexity index is 459. The van der Waals surface area contributed by atoms with E-state index in [1.54, 1.807) is 6.20 Å². The van der Waals surface area contributed by atoms with Crippen LogP contribution < -0.4 is 10.1 Å². The molecule has 0 spiro atoms. The van der Waals surface area contributed by atoms with E-state index in [1.165, 1.54) is 0 Å². The molecule has 1 heterocycles. The van der Waals surface area contributed by atoms with Gasteiger partial charge in [-0.15, -0.1) is 0 Å². The number of hydrogen-bond acceptors (Lipinski definition) is 3. The van der Waals surface area contributed by atoms with Crippen molar-refractivity contribution in [3.63, 3.8) is 0 Å². The van der Waals surface area contributed by atoms with Gasteiger partial charge >= 0.3 is 0 Å². The third kappa shape index (κ3) is 4.37. The molecule has 4 heteroatoms. The number of hydrogen-bond donors (Lipinski definition) is 1. The molecule has 0 aliphatic heterocycles. The largest absolute Gasteiger partial charge is 0.494 e. The molecule has 1 aromatic carbocycles. The van der Waals surface area contributed by atoms with Gasteiger partial charge in [0, 0.05) is 17.2 Å². The van der Waals surface area contributed by atoms with Gasteiger partial charge in [-0.2, -0.15) is 0 Å². The van der Waals surface area contributed by atoms with Crippen molar-refractivity contribution in [2.24, 2.45) is 0 Å². The summed E-state index contributed by atoms with van der Waals surface area (Å²) in [4.78, 5) is 4.24. The number of para-hydroxylation sites is 1. The number of anilines is 1. The van der Waals surface area contributed by atoms with Gasteiger partial charge in [0.15, 0.2) is 0 Å². The van der Waals surface area contributed by atoms with Crippen molar-refractivity contribution in [2.45, 2.75) is 6.42 Å². The van der Waals surface area contributed by atoms with Gasteiger partial charge in [0.1, 0.15) is 11.6 Å². The number of ether oxygens (including phenoxy) is 1. The summed E-state index contributed by atoms with van der Waals surface area (Å²) in [5, 5.41) is 3.25. The SMILES string of the molecule is Brc1ccc(NCCCOc2ccccc2)nc1. The van der Waals surface area contributed by atoms with Crippen LogP contribution in [-0.4, -0.2) is 18.1 Å². The molecule has 0 atom stereocenters. The van der Waals surface area contributed by atoms with Crippen LogP contribution in [-0.2, 0) is 0 Å². The number of pyridine rings is 1. The van der Waals surface area contributed by atoms with Crippen LogP contribution >= 0.6 is 15.9 Å². The van der Waals surface area contributed by atoms with Crippen molar-refractivity contribution in [2.75, 3.05) is 18.5 Å². The van der Waals surface area contributed by atoms with Crippen molar-refractivity contribution < 1.29 is 4.74 Å². The van der Waals surface area contributed by atoms with Crippen LogP contribution in [0.25, 0.3) is 0 Å². The molecule has 1 N–H and O–H groups in total. The molecule has 18 heavy (non-hydrogen) atoms. The first kappa shape index (κ1) is 12.9. The summed E-state index contributed by atoms with van der Waals surface area (Å²) >= 11 is 3.35. The number of benzene rings is 1. The summed E-state index contributed by atoms with van der Waals surface area (Å²) in [7, 11) is 0. The fraction of sp³-hybridized carbons (Fsp3) is 0.214. The minimum atomic E-state index is 0.702. The van der Waals surface area contributed by atoms with Gasteiger partial charge < -0.3 is 10.1 Å². The number of nitrogens with zero attached hydrogens (tertiary/aromatic N) is 1. The van der Waals surface area contributed by atoms with E-state index in [-0.39, 0.29) is 0 Å². The van der Waals surface area contributed by atoms with Crippen molar-refractivity contribution in [1.29, 1.82) is 0 Å². The normalized spacial score (nSPS) is 10.1. The molecule has 0 aliphatic carbocycles. The Labute approximate surface area is 115 Å². The van der Waals surface area contributed by atoms with Crippen molar-refractivity contribution in [1.82, 2.24) is 4.98 Å². The van der Waals surface area contributed by atoms with E-state index in [4.69, 9.17) is 4.74 Å². The molecule has 0 amide bonds. The van der Waals surface area contributed by atoms with Crippen LogP contribution in [0.4, 0.5) is 5.82 Å². The summed E-state index contributed by atoms with van der Waals surface area (Å²) < 4.78 is 6.58. The molecule has 0 unspecified atom stereocenters. The third-order valence-electron chi connectivity index (χ3n) is 2.37. The summed E-state index contributed by atoms with van der Waals surface area (Å²) in [6.07, 6.45) is 2.72. The maximum atomic E-state index is 5.60. The number of aromatic nitrogens is 1. The lowest BCUT2D eigenvalue weighted by Crippen LogP contribution is -2.08. The van der Waals surface area contributed by atoms with Gasteiger partial charge in [0.05, 0.1) is 6.61 Å². The standard InChI is InChI=1S/C14H15BrN2O/c15-12-7-8-14(17-11-12)16-9-4-10-18-13-5-2-1-3-6-13/h1-3,5-8,11H,4,9-10H2,(H,16,17). The molecular weight excluding hydrogens is 292 g/mol. The van der Waals surface area contributed by atoms with Gasteiger partial charge in [0.25, 0.3) is 0 Å². The zero-order valence-corrected chi connectivity index (χ0v) is 11.6. The van der Waals surface area contributed by atoms with Gasteiger partial charge in [-0.3, -0.25) is 0 Å². The van der Waals surface area contributed by atoms with E-state index in [0.717, 1.165) is 29.0 Å². The lowest BCUT2D eigenvalue weighted by atomic mass is 10.3. The van der Waals surface area contributed by atoms with Crippen LogP contribution in [0, 0.1) is 0 Å². The quantitative estimate of drug-likeness (QED) is 0.826. The second-order valence-corrected chi connectivity index (χ2v) is 4.72. The molecule has 1 aromatic heterocycles. The van der Waals surface area contributed by atoms with E-state index in [9.17, 15) is 0 Å². The highest BCUT2D eigenvalue weighted by Crippen LogP contribution is 2.11. The van der Waals surface area contributed by atoms with Gasteiger partial charge in [-0.05, 0) is 46.6 Å². The predicted octanol–water partition coefficient (Wildman–Crippen LogP) is 3.73. The molecule has 0 saturated carbocycles. The maximum Gasteiger partial charge on any atom is 0.125 e. The molecule has 0 radical (unpaired) electrons. The number of rotatable bonds is 6. The highest BCUT2D eigenvalue weighted by atomic mass is 79.9. The maximum absolute atomic E-state index is 5.60. The van der Waals surface area contributed by atoms with Crippen LogP contribution in [0.1, 0.15) is 6.42 Å². The first-order valence-electron chi connectivity index (χ1n) is 5.88. The Morgan fingerprint density at radius 2 is 1.94 bits per heavy atom. The molecule has 0 saturated heterocycles. The molecular formula is C14H15BrN2O. The Morgan fingerprint density at radius 1 is 1.11 bits per heavy atom. The van der Waals surface area contributed by atoms with Crippen LogP contribution in [0.15, 0.2) is 53.1 Å². The van der Waals surface area contributed by atoms with Crippen LogP contribution in [0.3, 0.4) is 0 Å². The Hall–Kier alpha value is -1.55. The van der Waals surface area contributed by atoms with E-state index in [2.05, 4.69) is 26.2 Å². The second kappa shape index (κ2) is 7.01. The zero-order valence-electron chi connectivity index (χ0n) is 9.97.